The van der Waals surface area contributed by atoms with Crippen molar-refractivity contribution in [3.63, 3.8) is 0 Å². The highest BCUT2D eigenvalue weighted by Gasteiger charge is 2.44. The second kappa shape index (κ2) is 9.86. The van der Waals surface area contributed by atoms with Gasteiger partial charge in [0.05, 0.1) is 0 Å². The van der Waals surface area contributed by atoms with Gasteiger partial charge in [0.1, 0.15) is 5.54 Å². The van der Waals surface area contributed by atoms with E-state index in [2.05, 4.69) is 66.8 Å². The summed E-state index contributed by atoms with van der Waals surface area (Å²) in [6.07, 6.45) is 1.72. The van der Waals surface area contributed by atoms with Crippen LogP contribution in [0.2, 0.25) is 0 Å². The fourth-order valence-corrected chi connectivity index (χ4v) is 4.42. The van der Waals surface area contributed by atoms with Crippen LogP contribution in [0.15, 0.2) is 18.2 Å². The number of carbonyl (C=O) groups excluding carboxylic acids is 1. The minimum absolute atomic E-state index is 0.131. The quantitative estimate of drug-likeness (QED) is 0.741. The molecule has 1 saturated heterocycles. The number of anilines is 1. The zero-order valence-corrected chi connectivity index (χ0v) is 19.0. The van der Waals surface area contributed by atoms with Crippen molar-refractivity contribution in [2.24, 2.45) is 0 Å². The molecule has 0 spiro atoms. The number of benzene rings is 1. The monoisotopic (exact) mass is 388 g/mol. The van der Waals surface area contributed by atoms with Crippen LogP contribution in [-0.4, -0.2) is 79.0 Å². The zero-order valence-electron chi connectivity index (χ0n) is 19.0. The molecule has 1 aromatic carbocycles. The van der Waals surface area contributed by atoms with Gasteiger partial charge in [-0.3, -0.25) is 14.6 Å². The Balaban J connectivity index is 2.09. The molecule has 1 aliphatic heterocycles. The van der Waals surface area contributed by atoms with Gasteiger partial charge in [-0.25, -0.2) is 0 Å². The van der Waals surface area contributed by atoms with Crippen molar-refractivity contribution in [1.29, 1.82) is 0 Å². The van der Waals surface area contributed by atoms with Crippen molar-refractivity contribution in [3.05, 3.63) is 29.3 Å². The van der Waals surface area contributed by atoms with Gasteiger partial charge in [-0.05, 0) is 71.9 Å². The SMILES string of the molecule is CCN(CC)CC(C)N1CCC(C(=O)Nc2c(C)cccc2C)(N(C)C)CC1. The van der Waals surface area contributed by atoms with Gasteiger partial charge in [0.2, 0.25) is 5.91 Å². The van der Waals surface area contributed by atoms with Crippen LogP contribution < -0.4 is 5.32 Å². The largest absolute Gasteiger partial charge is 0.324 e. The molecule has 2 rings (SSSR count). The van der Waals surface area contributed by atoms with E-state index in [1.165, 1.54) is 0 Å². The molecule has 158 valence electrons. The summed E-state index contributed by atoms with van der Waals surface area (Å²) in [5, 5.41) is 3.26. The number of carbonyl (C=O) groups is 1. The number of likely N-dealkylation sites (tertiary alicyclic amines) is 1. The molecule has 1 heterocycles. The molecule has 0 aliphatic carbocycles. The first-order valence-electron chi connectivity index (χ1n) is 10.8. The lowest BCUT2D eigenvalue weighted by atomic mass is 9.84. The Kier molecular flexibility index (Phi) is 8.05. The highest BCUT2D eigenvalue weighted by atomic mass is 16.2. The number of rotatable bonds is 8. The smallest absolute Gasteiger partial charge is 0.244 e. The standard InChI is InChI=1S/C23H40N4O/c1-8-26(9-2)17-20(5)27-15-13-23(14-16-27,25(6)7)22(28)24-21-18(3)11-10-12-19(21)4/h10-12,20H,8-9,13-17H2,1-7H3,(H,24,28). The Morgan fingerprint density at radius 3 is 2.14 bits per heavy atom. The van der Waals surface area contributed by atoms with E-state index in [0.29, 0.717) is 6.04 Å². The van der Waals surface area contributed by atoms with Gasteiger partial charge >= 0.3 is 0 Å². The van der Waals surface area contributed by atoms with Gasteiger partial charge in [0.15, 0.2) is 0 Å². The maximum Gasteiger partial charge on any atom is 0.244 e. The number of aryl methyl sites for hydroxylation is 2. The van der Waals surface area contributed by atoms with Crippen LogP contribution in [0.4, 0.5) is 5.69 Å². The van der Waals surface area contributed by atoms with E-state index in [1.807, 2.05) is 20.2 Å². The fraction of sp³-hybridized carbons (Fsp3) is 0.696. The third-order valence-electron chi connectivity index (χ3n) is 6.66. The second-order valence-electron chi connectivity index (χ2n) is 8.52. The molecule has 0 radical (unpaired) electrons. The molecule has 0 saturated carbocycles. The van der Waals surface area contributed by atoms with E-state index in [1.54, 1.807) is 0 Å². The molecule has 1 unspecified atom stereocenters. The zero-order chi connectivity index (χ0) is 20.9. The first kappa shape index (κ1) is 22.9. The van der Waals surface area contributed by atoms with Gasteiger partial charge < -0.3 is 10.2 Å². The molecule has 1 amide bonds. The molecule has 0 bridgehead atoms. The Morgan fingerprint density at radius 2 is 1.68 bits per heavy atom. The van der Waals surface area contributed by atoms with Crippen LogP contribution in [0.5, 0.6) is 0 Å². The van der Waals surface area contributed by atoms with Gasteiger partial charge in [0, 0.05) is 31.4 Å². The highest BCUT2D eigenvalue weighted by Crippen LogP contribution is 2.31. The molecule has 0 aromatic heterocycles. The summed E-state index contributed by atoms with van der Waals surface area (Å²) in [4.78, 5) is 20.6. The van der Waals surface area contributed by atoms with Crippen LogP contribution >= 0.6 is 0 Å². The minimum atomic E-state index is -0.444. The number of piperidine rings is 1. The number of para-hydroxylation sites is 1. The van der Waals surface area contributed by atoms with Crippen molar-refractivity contribution < 1.29 is 4.79 Å². The Bertz CT molecular complexity index is 626. The summed E-state index contributed by atoms with van der Waals surface area (Å²) in [5.41, 5.74) is 2.76. The predicted molar refractivity (Wildman–Crippen MR) is 119 cm³/mol. The number of hydrogen-bond acceptors (Lipinski definition) is 4. The van der Waals surface area contributed by atoms with E-state index in [-0.39, 0.29) is 5.91 Å². The lowest BCUT2D eigenvalue weighted by Gasteiger charge is -2.46. The van der Waals surface area contributed by atoms with Crippen LogP contribution in [0.1, 0.15) is 44.7 Å². The lowest BCUT2D eigenvalue weighted by molar-refractivity contribution is -0.130. The predicted octanol–water partition coefficient (Wildman–Crippen LogP) is 3.37. The van der Waals surface area contributed by atoms with Gasteiger partial charge in [-0.1, -0.05) is 32.0 Å². The number of likely N-dealkylation sites (N-methyl/N-ethyl adjacent to an activating group) is 2. The van der Waals surface area contributed by atoms with Crippen LogP contribution in [0.25, 0.3) is 0 Å². The third kappa shape index (κ3) is 4.94. The van der Waals surface area contributed by atoms with E-state index < -0.39 is 5.54 Å². The summed E-state index contributed by atoms with van der Waals surface area (Å²) in [5.74, 6) is 0.131. The Morgan fingerprint density at radius 1 is 1.14 bits per heavy atom. The average Bonchev–Trinajstić information content (AvgIpc) is 2.68. The summed E-state index contributed by atoms with van der Waals surface area (Å²) in [6.45, 7) is 16.1. The topological polar surface area (TPSA) is 38.8 Å². The van der Waals surface area contributed by atoms with Gasteiger partial charge in [-0.15, -0.1) is 0 Å². The minimum Gasteiger partial charge on any atom is -0.324 e. The first-order chi connectivity index (χ1) is 13.2. The maximum absolute atomic E-state index is 13.4. The number of hydrogen-bond donors (Lipinski definition) is 1. The number of nitrogens with zero attached hydrogens (tertiary/aromatic N) is 3. The third-order valence-corrected chi connectivity index (χ3v) is 6.66. The molecule has 1 fully saturated rings. The lowest BCUT2D eigenvalue weighted by Crippen LogP contribution is -2.61. The molecule has 1 aromatic rings. The highest BCUT2D eigenvalue weighted by molar-refractivity contribution is 5.99. The fourth-order valence-electron chi connectivity index (χ4n) is 4.42. The van der Waals surface area contributed by atoms with Crippen LogP contribution in [0.3, 0.4) is 0 Å². The van der Waals surface area contributed by atoms with E-state index in [4.69, 9.17) is 0 Å². The molecule has 5 nitrogen and oxygen atoms in total. The molecular weight excluding hydrogens is 348 g/mol. The molecule has 28 heavy (non-hydrogen) atoms. The molecule has 1 N–H and O–H groups in total. The van der Waals surface area contributed by atoms with E-state index >= 15 is 0 Å². The first-order valence-corrected chi connectivity index (χ1v) is 10.8. The van der Waals surface area contributed by atoms with Gasteiger partial charge in [0.25, 0.3) is 0 Å². The Labute approximate surface area is 172 Å². The second-order valence-corrected chi connectivity index (χ2v) is 8.52. The van der Waals surface area contributed by atoms with E-state index in [9.17, 15) is 4.79 Å². The summed E-state index contributed by atoms with van der Waals surface area (Å²) >= 11 is 0. The van der Waals surface area contributed by atoms with Crippen molar-refractivity contribution in [3.8, 4) is 0 Å². The van der Waals surface area contributed by atoms with Gasteiger partial charge in [-0.2, -0.15) is 0 Å². The van der Waals surface area contributed by atoms with E-state index in [0.717, 1.165) is 62.4 Å². The molecule has 1 atom stereocenters. The number of amides is 1. The van der Waals surface area contributed by atoms with Crippen molar-refractivity contribution >= 4 is 11.6 Å². The summed E-state index contributed by atoms with van der Waals surface area (Å²) in [7, 11) is 4.08. The Hall–Kier alpha value is -1.43. The molecule has 5 heteroatoms. The van der Waals surface area contributed by atoms with Crippen LogP contribution in [0, 0.1) is 13.8 Å². The van der Waals surface area contributed by atoms with Crippen molar-refractivity contribution in [2.45, 2.75) is 59.0 Å². The number of nitrogens with one attached hydrogen (secondary N) is 1. The molecular formula is C23H40N4O. The van der Waals surface area contributed by atoms with Crippen LogP contribution in [-0.2, 0) is 4.79 Å². The average molecular weight is 389 g/mol. The summed E-state index contributed by atoms with van der Waals surface area (Å²) < 4.78 is 0. The van der Waals surface area contributed by atoms with Crippen molar-refractivity contribution in [1.82, 2.24) is 14.7 Å². The molecule has 1 aliphatic rings. The summed E-state index contributed by atoms with van der Waals surface area (Å²) in [6, 6.07) is 6.67. The maximum atomic E-state index is 13.4. The van der Waals surface area contributed by atoms with Crippen molar-refractivity contribution in [2.75, 3.05) is 52.1 Å². The normalized spacial score (nSPS) is 18.5.